The molecule has 3 aromatic heterocycles. The van der Waals surface area contributed by atoms with Crippen LogP contribution in [0.5, 0.6) is 0 Å². The normalized spacial score (nSPS) is 10.2. The molecule has 3 heterocycles. The summed E-state index contributed by atoms with van der Waals surface area (Å²) in [6, 6.07) is 0. The van der Waals surface area contributed by atoms with E-state index >= 15 is 0 Å². The Morgan fingerprint density at radius 2 is 1.72 bits per heavy atom. The number of nitrogens with zero attached hydrogens (tertiary/aromatic N) is 4. The fourth-order valence-electron chi connectivity index (χ4n) is 1.76. The average Bonchev–Trinajstić information content (AvgIpc) is 2.98. The van der Waals surface area contributed by atoms with Crippen molar-refractivity contribution in [3.05, 3.63) is 36.2 Å². The summed E-state index contributed by atoms with van der Waals surface area (Å²) >= 11 is 0. The number of imidazole rings is 1. The fourth-order valence-corrected chi connectivity index (χ4v) is 1.76. The van der Waals surface area contributed by atoms with E-state index in [0.29, 0.717) is 0 Å². The summed E-state index contributed by atoms with van der Waals surface area (Å²) in [6.07, 6.45) is 7.14. The van der Waals surface area contributed by atoms with Crippen LogP contribution < -0.4 is 0 Å². The van der Waals surface area contributed by atoms with E-state index < -0.39 is 0 Å². The molecule has 0 saturated heterocycles. The van der Waals surface area contributed by atoms with Gasteiger partial charge in [-0.1, -0.05) is 19.0 Å². The van der Waals surface area contributed by atoms with Gasteiger partial charge in [0.2, 0.25) is 0 Å². The number of hydrogen-bond donors (Lipinski definition) is 0. The number of aryl methyl sites for hydroxylation is 2. The zero-order valence-electron chi connectivity index (χ0n) is 11.0. The molecule has 0 amide bonds. The Balaban J connectivity index is 0.000000574. The second kappa shape index (κ2) is 5.00. The Bertz CT molecular complexity index is 640. The molecule has 0 aliphatic heterocycles. The van der Waals surface area contributed by atoms with E-state index in [9.17, 15) is 0 Å². The summed E-state index contributed by atoms with van der Waals surface area (Å²) in [7, 11) is 0. The smallest absolute Gasteiger partial charge is 0.163 e. The maximum absolute atomic E-state index is 4.84. The van der Waals surface area contributed by atoms with E-state index in [1.807, 2.05) is 44.5 Å². The second-order valence-electron chi connectivity index (χ2n) is 3.76. The number of fused-ring (bicyclic) bond motifs is 1. The number of rotatable bonds is 1. The Labute approximate surface area is 105 Å². The first-order valence-corrected chi connectivity index (χ1v) is 5.97. The maximum Gasteiger partial charge on any atom is 0.163 e. The van der Waals surface area contributed by atoms with Crippen LogP contribution >= 0.6 is 0 Å². The highest BCUT2D eigenvalue weighted by atomic mass is 16.5. The molecule has 0 aliphatic rings. The first kappa shape index (κ1) is 12.3. The van der Waals surface area contributed by atoms with Crippen LogP contribution in [0.2, 0.25) is 0 Å². The molecule has 0 atom stereocenters. The zero-order valence-corrected chi connectivity index (χ0v) is 11.0. The van der Waals surface area contributed by atoms with Crippen molar-refractivity contribution < 1.29 is 4.52 Å². The molecule has 0 N–H and O–H groups in total. The van der Waals surface area contributed by atoms with Gasteiger partial charge < -0.3 is 8.92 Å². The molecule has 0 fully saturated rings. The predicted octanol–water partition coefficient (Wildman–Crippen LogP) is 3.03. The van der Waals surface area contributed by atoms with Crippen LogP contribution in [0.15, 0.2) is 29.4 Å². The van der Waals surface area contributed by atoms with Crippen molar-refractivity contribution in [3.8, 4) is 11.3 Å². The molecule has 0 unspecified atom stereocenters. The molecule has 0 saturated carbocycles. The third-order valence-electron chi connectivity index (χ3n) is 2.38. The zero-order chi connectivity index (χ0) is 13.1. The largest absolute Gasteiger partial charge is 0.364 e. The summed E-state index contributed by atoms with van der Waals surface area (Å²) in [5.74, 6) is 0. The van der Waals surface area contributed by atoms with E-state index in [4.69, 9.17) is 4.52 Å². The van der Waals surface area contributed by atoms with Crippen molar-refractivity contribution in [2.45, 2.75) is 27.7 Å². The molecule has 0 radical (unpaired) electrons. The molecule has 5 heteroatoms. The Morgan fingerprint density at radius 1 is 1.06 bits per heavy atom. The molecule has 0 aliphatic carbocycles. The van der Waals surface area contributed by atoms with Crippen LogP contribution in [0, 0.1) is 13.8 Å². The maximum atomic E-state index is 4.84. The molecule has 3 aromatic rings. The summed E-state index contributed by atoms with van der Waals surface area (Å²) in [6.45, 7) is 7.91. The monoisotopic (exact) mass is 244 g/mol. The van der Waals surface area contributed by atoms with Gasteiger partial charge in [0.05, 0.1) is 23.1 Å². The highest BCUT2D eigenvalue weighted by molar-refractivity contribution is 5.72. The first-order valence-electron chi connectivity index (χ1n) is 5.97. The average molecular weight is 244 g/mol. The molecule has 3 rings (SSSR count). The van der Waals surface area contributed by atoms with Gasteiger partial charge in [0.25, 0.3) is 0 Å². The van der Waals surface area contributed by atoms with Crippen molar-refractivity contribution in [1.29, 1.82) is 0 Å². The minimum Gasteiger partial charge on any atom is -0.364 e. The lowest BCUT2D eigenvalue weighted by atomic mass is 10.2. The lowest BCUT2D eigenvalue weighted by Crippen LogP contribution is -1.94. The first-order chi connectivity index (χ1) is 8.74. The van der Waals surface area contributed by atoms with Crippen LogP contribution in [-0.4, -0.2) is 19.5 Å². The topological polar surface area (TPSA) is 56.2 Å². The van der Waals surface area contributed by atoms with Crippen LogP contribution in [-0.2, 0) is 0 Å². The number of hydrogen-bond acceptors (Lipinski definition) is 4. The van der Waals surface area contributed by atoms with Crippen LogP contribution in [0.4, 0.5) is 0 Å². The van der Waals surface area contributed by atoms with Gasteiger partial charge >= 0.3 is 0 Å². The van der Waals surface area contributed by atoms with E-state index in [1.54, 1.807) is 12.5 Å². The highest BCUT2D eigenvalue weighted by Crippen LogP contribution is 2.21. The Morgan fingerprint density at radius 3 is 2.33 bits per heavy atom. The van der Waals surface area contributed by atoms with E-state index in [-0.39, 0.29) is 0 Å². The van der Waals surface area contributed by atoms with Crippen LogP contribution in [0.1, 0.15) is 25.2 Å². The van der Waals surface area contributed by atoms with Crippen LogP contribution in [0.25, 0.3) is 16.9 Å². The van der Waals surface area contributed by atoms with E-state index in [0.717, 1.165) is 28.3 Å². The van der Waals surface area contributed by atoms with Gasteiger partial charge in [0.1, 0.15) is 12.0 Å². The molecule has 94 valence electrons. The molecular weight excluding hydrogens is 228 g/mol. The predicted molar refractivity (Wildman–Crippen MR) is 69.3 cm³/mol. The fraction of sp³-hybridized carbons (Fsp3) is 0.308. The van der Waals surface area contributed by atoms with Crippen molar-refractivity contribution in [3.63, 3.8) is 0 Å². The van der Waals surface area contributed by atoms with Gasteiger partial charge in [0.15, 0.2) is 5.65 Å². The van der Waals surface area contributed by atoms with Gasteiger partial charge in [-0.2, -0.15) is 0 Å². The lowest BCUT2D eigenvalue weighted by Gasteiger charge is -2.01. The summed E-state index contributed by atoms with van der Waals surface area (Å²) < 4.78 is 6.81. The third kappa shape index (κ3) is 2.11. The molecule has 18 heavy (non-hydrogen) atoms. The number of aromatic nitrogens is 4. The van der Waals surface area contributed by atoms with Gasteiger partial charge in [-0.15, -0.1) is 0 Å². The Kier molecular flexibility index (Phi) is 3.41. The third-order valence-corrected chi connectivity index (χ3v) is 2.38. The minimum absolute atomic E-state index is 0.800. The lowest BCUT2D eigenvalue weighted by molar-refractivity contribution is 0.420. The van der Waals surface area contributed by atoms with Crippen molar-refractivity contribution in [1.82, 2.24) is 19.5 Å². The van der Waals surface area contributed by atoms with Crippen molar-refractivity contribution >= 4 is 5.65 Å². The van der Waals surface area contributed by atoms with Gasteiger partial charge in [-0.25, -0.2) is 9.97 Å². The molecule has 5 nitrogen and oxygen atoms in total. The standard InChI is InChI=1S/C11H10N4O.C2H6/c1-7-4-15-5-8(2)14-11(15)10(13-7)9-3-12-16-6-9;1-2/h3-6H,1-2H3;1-2H3. The minimum atomic E-state index is 0.800. The van der Waals surface area contributed by atoms with Gasteiger partial charge in [0, 0.05) is 12.4 Å². The van der Waals surface area contributed by atoms with E-state index in [1.165, 1.54) is 0 Å². The van der Waals surface area contributed by atoms with Gasteiger partial charge in [-0.05, 0) is 13.8 Å². The molecule has 0 aromatic carbocycles. The van der Waals surface area contributed by atoms with Crippen molar-refractivity contribution in [2.75, 3.05) is 0 Å². The molecule has 0 bridgehead atoms. The quantitative estimate of drug-likeness (QED) is 0.660. The SMILES string of the molecule is CC.Cc1cn2cc(C)nc2c(-c2cnoc2)n1. The molecular formula is C13H16N4O. The highest BCUT2D eigenvalue weighted by Gasteiger charge is 2.11. The second-order valence-corrected chi connectivity index (χ2v) is 3.76. The van der Waals surface area contributed by atoms with Gasteiger partial charge in [-0.3, -0.25) is 0 Å². The summed E-state index contributed by atoms with van der Waals surface area (Å²) in [5.41, 5.74) is 4.37. The van der Waals surface area contributed by atoms with Crippen molar-refractivity contribution in [2.24, 2.45) is 0 Å². The van der Waals surface area contributed by atoms with Crippen LogP contribution in [0.3, 0.4) is 0 Å². The summed E-state index contributed by atoms with van der Waals surface area (Å²) in [5, 5.41) is 3.69. The Hall–Kier alpha value is -2.17. The molecule has 0 spiro atoms. The van der Waals surface area contributed by atoms with E-state index in [2.05, 4.69) is 15.1 Å². The summed E-state index contributed by atoms with van der Waals surface area (Å²) in [4.78, 5) is 8.91.